The van der Waals surface area contributed by atoms with Crippen molar-refractivity contribution in [2.24, 2.45) is 0 Å². The lowest BCUT2D eigenvalue weighted by Gasteiger charge is -2.11. The third kappa shape index (κ3) is 3.89. The maximum Gasteiger partial charge on any atom is 0.253 e. The Morgan fingerprint density at radius 3 is 2.58 bits per heavy atom. The molecule has 0 spiro atoms. The van der Waals surface area contributed by atoms with E-state index in [4.69, 9.17) is 0 Å². The summed E-state index contributed by atoms with van der Waals surface area (Å²) in [7, 11) is 0. The number of hydrogen-bond acceptors (Lipinski definition) is 3. The van der Waals surface area contributed by atoms with Crippen molar-refractivity contribution in [3.63, 3.8) is 0 Å². The van der Waals surface area contributed by atoms with E-state index in [1.807, 2.05) is 30.3 Å². The molecule has 0 bridgehead atoms. The molecule has 0 saturated carbocycles. The fraction of sp³-hybridized carbons (Fsp3) is 0.154. The molecule has 1 atom stereocenters. The normalized spacial score (nSPS) is 12.2. The first-order chi connectivity index (χ1) is 9.08. The molecule has 0 aliphatic carbocycles. The van der Waals surface area contributed by atoms with E-state index in [0.29, 0.717) is 5.56 Å². The SMILES string of the molecule is O=C(NCC(O)c1ccccc1)c1cc(Br)sc1Br. The molecule has 0 radical (unpaired) electrons. The lowest BCUT2D eigenvalue weighted by Crippen LogP contribution is -2.28. The zero-order chi connectivity index (χ0) is 13.8. The van der Waals surface area contributed by atoms with E-state index in [2.05, 4.69) is 37.2 Å². The number of rotatable bonds is 4. The zero-order valence-corrected chi connectivity index (χ0v) is 13.8. The monoisotopic (exact) mass is 403 g/mol. The van der Waals surface area contributed by atoms with Crippen molar-refractivity contribution in [2.75, 3.05) is 6.54 Å². The Morgan fingerprint density at radius 1 is 1.32 bits per heavy atom. The van der Waals surface area contributed by atoms with Crippen molar-refractivity contribution in [1.82, 2.24) is 5.32 Å². The van der Waals surface area contributed by atoms with Gasteiger partial charge in [-0.2, -0.15) is 0 Å². The van der Waals surface area contributed by atoms with Gasteiger partial charge in [0.2, 0.25) is 0 Å². The molecule has 19 heavy (non-hydrogen) atoms. The number of carbonyl (C=O) groups excluding carboxylic acids is 1. The Hall–Kier alpha value is -0.690. The van der Waals surface area contributed by atoms with E-state index in [1.165, 1.54) is 11.3 Å². The summed E-state index contributed by atoms with van der Waals surface area (Å²) in [6.45, 7) is 0.183. The largest absolute Gasteiger partial charge is 0.387 e. The molecule has 1 aromatic heterocycles. The van der Waals surface area contributed by atoms with Crippen LogP contribution < -0.4 is 5.32 Å². The maximum absolute atomic E-state index is 11.9. The second-order valence-electron chi connectivity index (χ2n) is 3.87. The predicted octanol–water partition coefficient (Wildman–Crippen LogP) is 3.74. The number of hydrogen-bond donors (Lipinski definition) is 2. The highest BCUT2D eigenvalue weighted by molar-refractivity contribution is 9.12. The van der Waals surface area contributed by atoms with Crippen molar-refractivity contribution in [2.45, 2.75) is 6.10 Å². The molecule has 0 aliphatic rings. The number of aliphatic hydroxyl groups excluding tert-OH is 1. The van der Waals surface area contributed by atoms with Gasteiger partial charge >= 0.3 is 0 Å². The van der Waals surface area contributed by atoms with Crippen LogP contribution >= 0.6 is 43.2 Å². The second-order valence-corrected chi connectivity index (χ2v) is 7.62. The van der Waals surface area contributed by atoms with Crippen molar-refractivity contribution in [1.29, 1.82) is 0 Å². The van der Waals surface area contributed by atoms with Crippen molar-refractivity contribution >= 4 is 49.1 Å². The van der Waals surface area contributed by atoms with Crippen LogP contribution in [0.15, 0.2) is 44.0 Å². The quantitative estimate of drug-likeness (QED) is 0.815. The minimum atomic E-state index is -0.703. The molecular formula is C13H11Br2NO2S. The summed E-state index contributed by atoms with van der Waals surface area (Å²) in [5.41, 5.74) is 1.35. The van der Waals surface area contributed by atoms with Gasteiger partial charge in [0.05, 0.1) is 19.2 Å². The van der Waals surface area contributed by atoms with Gasteiger partial charge in [-0.05, 0) is 43.5 Å². The average Bonchev–Trinajstić information content (AvgIpc) is 2.75. The molecule has 1 aromatic carbocycles. The second kappa shape index (κ2) is 6.65. The first kappa shape index (κ1) is 14.7. The molecule has 0 saturated heterocycles. The number of benzene rings is 1. The van der Waals surface area contributed by atoms with Crippen molar-refractivity contribution in [3.8, 4) is 0 Å². The summed E-state index contributed by atoms with van der Waals surface area (Å²) in [5, 5.41) is 12.7. The van der Waals surface area contributed by atoms with Crippen LogP contribution in [-0.4, -0.2) is 17.6 Å². The highest BCUT2D eigenvalue weighted by atomic mass is 79.9. The van der Waals surface area contributed by atoms with Crippen LogP contribution in [0.4, 0.5) is 0 Å². The number of thiophene rings is 1. The predicted molar refractivity (Wildman–Crippen MR) is 83.5 cm³/mol. The van der Waals surface area contributed by atoms with E-state index in [-0.39, 0.29) is 12.5 Å². The Bertz CT molecular complexity index is 571. The smallest absolute Gasteiger partial charge is 0.253 e. The van der Waals surface area contributed by atoms with Crippen LogP contribution in [0.3, 0.4) is 0 Å². The molecule has 3 nitrogen and oxygen atoms in total. The third-order valence-corrected chi connectivity index (χ3v) is 4.88. The first-order valence-electron chi connectivity index (χ1n) is 5.54. The summed E-state index contributed by atoms with van der Waals surface area (Å²) >= 11 is 8.10. The van der Waals surface area contributed by atoms with Gasteiger partial charge in [-0.1, -0.05) is 30.3 Å². The summed E-state index contributed by atoms with van der Waals surface area (Å²) < 4.78 is 1.65. The summed E-state index contributed by atoms with van der Waals surface area (Å²) in [6.07, 6.45) is -0.703. The molecule has 2 rings (SSSR count). The molecule has 6 heteroatoms. The van der Waals surface area contributed by atoms with Crippen LogP contribution in [0.25, 0.3) is 0 Å². The van der Waals surface area contributed by atoms with Crippen LogP contribution in [-0.2, 0) is 0 Å². The molecule has 1 amide bonds. The van der Waals surface area contributed by atoms with Gasteiger partial charge in [-0.3, -0.25) is 4.79 Å². The molecule has 1 unspecified atom stereocenters. The Labute approximate surface area is 131 Å². The molecule has 2 aromatic rings. The van der Waals surface area contributed by atoms with E-state index in [9.17, 15) is 9.90 Å². The van der Waals surface area contributed by atoms with Gasteiger partial charge in [0.25, 0.3) is 5.91 Å². The Morgan fingerprint density at radius 2 is 2.00 bits per heavy atom. The van der Waals surface area contributed by atoms with Gasteiger partial charge < -0.3 is 10.4 Å². The fourth-order valence-electron chi connectivity index (χ4n) is 1.57. The minimum Gasteiger partial charge on any atom is -0.387 e. The number of carbonyl (C=O) groups is 1. The topological polar surface area (TPSA) is 49.3 Å². The number of halogens is 2. The lowest BCUT2D eigenvalue weighted by molar-refractivity contribution is 0.0916. The highest BCUT2D eigenvalue weighted by Crippen LogP contribution is 2.31. The standard InChI is InChI=1S/C13H11Br2NO2S/c14-11-6-9(12(15)19-11)13(18)16-7-10(17)8-4-2-1-3-5-8/h1-6,10,17H,7H2,(H,16,18). The van der Waals surface area contributed by atoms with E-state index < -0.39 is 6.10 Å². The fourth-order valence-corrected chi connectivity index (χ4v) is 4.37. The first-order valence-corrected chi connectivity index (χ1v) is 7.94. The lowest BCUT2D eigenvalue weighted by atomic mass is 10.1. The summed E-state index contributed by atoms with van der Waals surface area (Å²) in [6, 6.07) is 11.0. The van der Waals surface area contributed by atoms with E-state index in [0.717, 1.165) is 13.1 Å². The molecule has 100 valence electrons. The summed E-state index contributed by atoms with van der Waals surface area (Å²) in [5.74, 6) is -0.205. The molecule has 1 heterocycles. The van der Waals surface area contributed by atoms with Gasteiger partial charge in [0.1, 0.15) is 0 Å². The van der Waals surface area contributed by atoms with Gasteiger partial charge in [-0.25, -0.2) is 0 Å². The van der Waals surface area contributed by atoms with E-state index >= 15 is 0 Å². The molecular weight excluding hydrogens is 394 g/mol. The van der Waals surface area contributed by atoms with Crippen molar-refractivity contribution in [3.05, 3.63) is 55.1 Å². The summed E-state index contributed by atoms with van der Waals surface area (Å²) in [4.78, 5) is 11.9. The number of amides is 1. The van der Waals surface area contributed by atoms with Crippen LogP contribution in [0.2, 0.25) is 0 Å². The molecule has 0 fully saturated rings. The van der Waals surface area contributed by atoms with Crippen LogP contribution in [0.1, 0.15) is 22.0 Å². The number of aliphatic hydroxyl groups is 1. The Balaban J connectivity index is 1.96. The van der Waals surface area contributed by atoms with Crippen molar-refractivity contribution < 1.29 is 9.90 Å². The molecule has 2 N–H and O–H groups in total. The van der Waals surface area contributed by atoms with E-state index in [1.54, 1.807) is 6.07 Å². The van der Waals surface area contributed by atoms with Gasteiger partial charge in [0.15, 0.2) is 0 Å². The van der Waals surface area contributed by atoms with Gasteiger partial charge in [-0.15, -0.1) is 11.3 Å². The van der Waals surface area contributed by atoms with Crippen LogP contribution in [0, 0.1) is 0 Å². The Kier molecular flexibility index (Phi) is 5.15. The number of nitrogens with one attached hydrogen (secondary N) is 1. The zero-order valence-electron chi connectivity index (χ0n) is 9.77. The molecule has 0 aliphatic heterocycles. The average molecular weight is 405 g/mol. The maximum atomic E-state index is 11.9. The van der Waals surface area contributed by atoms with Crippen LogP contribution in [0.5, 0.6) is 0 Å². The third-order valence-electron chi connectivity index (χ3n) is 2.54. The highest BCUT2D eigenvalue weighted by Gasteiger charge is 2.15. The van der Waals surface area contributed by atoms with Gasteiger partial charge in [0, 0.05) is 6.54 Å². The minimum absolute atomic E-state index is 0.183.